The molecule has 29 heavy (non-hydrogen) atoms. The van der Waals surface area contributed by atoms with Crippen molar-refractivity contribution < 1.29 is 9.18 Å². The summed E-state index contributed by atoms with van der Waals surface area (Å²) in [4.78, 5) is 24.4. The number of rotatable bonds is 4. The van der Waals surface area contributed by atoms with Crippen LogP contribution >= 0.6 is 0 Å². The molecule has 0 fully saturated rings. The molecule has 0 aliphatic carbocycles. The van der Waals surface area contributed by atoms with Crippen LogP contribution in [0.3, 0.4) is 0 Å². The lowest BCUT2D eigenvalue weighted by atomic mass is 9.94. The van der Waals surface area contributed by atoms with E-state index < -0.39 is 11.8 Å². The molecule has 0 unspecified atom stereocenters. The lowest BCUT2D eigenvalue weighted by Gasteiger charge is -2.14. The standard InChI is InChI=1S/C22H18FN5O/c1-2-26-22(29)28-20-10-18-19(13-27-20)16(14-5-3-7-24-11-14)9-17(21(18)23)15-6-4-8-25-12-15/h3-13H,2H2,1H3,(H2,26,27,28,29). The Morgan fingerprint density at radius 2 is 1.66 bits per heavy atom. The Kier molecular flexibility index (Phi) is 5.11. The zero-order chi connectivity index (χ0) is 20.2. The van der Waals surface area contributed by atoms with E-state index in [-0.39, 0.29) is 5.82 Å². The minimum atomic E-state index is -0.401. The maximum Gasteiger partial charge on any atom is 0.320 e. The number of nitrogens with zero attached hydrogens (tertiary/aromatic N) is 3. The third-order valence-corrected chi connectivity index (χ3v) is 4.48. The summed E-state index contributed by atoms with van der Waals surface area (Å²) in [5, 5.41) is 6.24. The number of hydrogen-bond donors (Lipinski definition) is 2. The Hall–Kier alpha value is -3.87. The Labute approximate surface area is 166 Å². The van der Waals surface area contributed by atoms with Crippen molar-refractivity contribution in [1.82, 2.24) is 20.3 Å². The first-order valence-corrected chi connectivity index (χ1v) is 9.15. The molecule has 7 heteroatoms. The fourth-order valence-electron chi connectivity index (χ4n) is 3.16. The van der Waals surface area contributed by atoms with Gasteiger partial charge in [0, 0.05) is 65.0 Å². The molecule has 3 aromatic heterocycles. The molecule has 2 N–H and O–H groups in total. The number of anilines is 1. The topological polar surface area (TPSA) is 79.8 Å². The average molecular weight is 387 g/mol. The van der Waals surface area contributed by atoms with Gasteiger partial charge in [0.15, 0.2) is 0 Å². The number of hydrogen-bond acceptors (Lipinski definition) is 4. The summed E-state index contributed by atoms with van der Waals surface area (Å²) in [6, 6.07) is 10.2. The molecular weight excluding hydrogens is 369 g/mol. The van der Waals surface area contributed by atoms with Gasteiger partial charge in [-0.3, -0.25) is 15.3 Å². The summed E-state index contributed by atoms with van der Waals surface area (Å²) in [5.41, 5.74) is 2.71. The molecule has 144 valence electrons. The van der Waals surface area contributed by atoms with Gasteiger partial charge in [-0.1, -0.05) is 12.1 Å². The number of urea groups is 1. The van der Waals surface area contributed by atoms with Crippen molar-refractivity contribution in [3.05, 3.63) is 73.2 Å². The van der Waals surface area contributed by atoms with E-state index in [1.54, 1.807) is 55.2 Å². The van der Waals surface area contributed by atoms with Crippen molar-refractivity contribution in [3.8, 4) is 22.3 Å². The molecule has 0 spiro atoms. The minimum absolute atomic E-state index is 0.267. The summed E-state index contributed by atoms with van der Waals surface area (Å²) >= 11 is 0. The maximum atomic E-state index is 15.5. The molecule has 0 bridgehead atoms. The predicted octanol–water partition coefficient (Wildman–Crippen LogP) is 4.64. The van der Waals surface area contributed by atoms with Crippen LogP contribution in [-0.4, -0.2) is 27.5 Å². The van der Waals surface area contributed by atoms with Gasteiger partial charge in [-0.05, 0) is 36.8 Å². The first-order chi connectivity index (χ1) is 14.2. The summed E-state index contributed by atoms with van der Waals surface area (Å²) in [5.74, 6) is -0.134. The molecule has 2 amide bonds. The Morgan fingerprint density at radius 1 is 0.966 bits per heavy atom. The van der Waals surface area contributed by atoms with Gasteiger partial charge >= 0.3 is 6.03 Å². The van der Waals surface area contributed by atoms with Crippen molar-refractivity contribution in [3.63, 3.8) is 0 Å². The Morgan fingerprint density at radius 3 is 2.28 bits per heavy atom. The van der Waals surface area contributed by atoms with Crippen LogP contribution in [0.25, 0.3) is 33.0 Å². The van der Waals surface area contributed by atoms with Crippen molar-refractivity contribution >= 4 is 22.6 Å². The van der Waals surface area contributed by atoms with Crippen LogP contribution in [0.2, 0.25) is 0 Å². The lowest BCUT2D eigenvalue weighted by Crippen LogP contribution is -2.28. The maximum absolute atomic E-state index is 15.5. The number of fused-ring (bicyclic) bond motifs is 1. The smallest absolute Gasteiger partial charge is 0.320 e. The van der Waals surface area contributed by atoms with Gasteiger partial charge < -0.3 is 5.32 Å². The van der Waals surface area contributed by atoms with Crippen molar-refractivity contribution in [1.29, 1.82) is 0 Å². The van der Waals surface area contributed by atoms with Crippen LogP contribution in [0.15, 0.2) is 67.4 Å². The highest BCUT2D eigenvalue weighted by molar-refractivity contribution is 6.02. The van der Waals surface area contributed by atoms with Crippen molar-refractivity contribution in [2.45, 2.75) is 6.92 Å². The average Bonchev–Trinajstić information content (AvgIpc) is 2.76. The van der Waals surface area contributed by atoms with Crippen LogP contribution in [0.5, 0.6) is 0 Å². The van der Waals surface area contributed by atoms with E-state index in [9.17, 15) is 4.79 Å². The van der Waals surface area contributed by atoms with Crippen molar-refractivity contribution in [2.75, 3.05) is 11.9 Å². The van der Waals surface area contributed by atoms with Crippen molar-refractivity contribution in [2.24, 2.45) is 0 Å². The third kappa shape index (κ3) is 3.75. The number of amides is 2. The number of carbonyl (C=O) groups is 1. The van der Waals surface area contributed by atoms with Crippen LogP contribution in [0, 0.1) is 5.82 Å². The van der Waals surface area contributed by atoms with Crippen LogP contribution < -0.4 is 10.6 Å². The highest BCUT2D eigenvalue weighted by Crippen LogP contribution is 2.36. The van der Waals surface area contributed by atoms with Crippen LogP contribution in [-0.2, 0) is 0 Å². The zero-order valence-electron chi connectivity index (χ0n) is 15.7. The molecule has 1 aromatic carbocycles. The number of carbonyl (C=O) groups excluding carboxylic acids is 1. The summed E-state index contributed by atoms with van der Waals surface area (Å²) < 4.78 is 15.5. The predicted molar refractivity (Wildman–Crippen MR) is 111 cm³/mol. The van der Waals surface area contributed by atoms with E-state index in [1.807, 2.05) is 19.1 Å². The van der Waals surface area contributed by atoms with Crippen LogP contribution in [0.1, 0.15) is 6.92 Å². The molecule has 4 rings (SSSR count). The number of pyridine rings is 3. The van der Waals surface area contributed by atoms with E-state index in [4.69, 9.17) is 0 Å². The number of halogens is 1. The van der Waals surface area contributed by atoms with Crippen LogP contribution in [0.4, 0.5) is 15.0 Å². The Balaban J connectivity index is 1.94. The molecule has 3 heterocycles. The van der Waals surface area contributed by atoms with E-state index >= 15 is 4.39 Å². The van der Waals surface area contributed by atoms with E-state index in [2.05, 4.69) is 25.6 Å². The molecule has 0 radical (unpaired) electrons. The zero-order valence-corrected chi connectivity index (χ0v) is 15.7. The molecule has 0 aliphatic heterocycles. The van der Waals surface area contributed by atoms with Gasteiger partial charge in [-0.2, -0.15) is 0 Å². The first kappa shape index (κ1) is 18.5. The fraction of sp³-hybridized carbons (Fsp3) is 0.0909. The summed E-state index contributed by atoms with van der Waals surface area (Å²) in [6.07, 6.45) is 8.23. The fourth-order valence-corrected chi connectivity index (χ4v) is 3.16. The van der Waals surface area contributed by atoms with Gasteiger partial charge in [0.2, 0.25) is 0 Å². The highest BCUT2D eigenvalue weighted by atomic mass is 19.1. The minimum Gasteiger partial charge on any atom is -0.338 e. The van der Waals surface area contributed by atoms with Gasteiger partial charge in [-0.25, -0.2) is 14.2 Å². The summed E-state index contributed by atoms with van der Waals surface area (Å²) in [7, 11) is 0. The number of benzene rings is 1. The second-order valence-electron chi connectivity index (χ2n) is 6.37. The largest absolute Gasteiger partial charge is 0.338 e. The normalized spacial score (nSPS) is 10.7. The molecule has 0 aliphatic rings. The van der Waals surface area contributed by atoms with Gasteiger partial charge in [0.1, 0.15) is 11.6 Å². The van der Waals surface area contributed by atoms with Gasteiger partial charge in [0.25, 0.3) is 0 Å². The van der Waals surface area contributed by atoms with Gasteiger partial charge in [-0.15, -0.1) is 0 Å². The van der Waals surface area contributed by atoms with E-state index in [0.717, 1.165) is 11.1 Å². The number of aromatic nitrogens is 3. The van der Waals surface area contributed by atoms with E-state index in [1.165, 1.54) is 0 Å². The lowest BCUT2D eigenvalue weighted by molar-refractivity contribution is 0.252. The Bertz CT molecular complexity index is 1170. The molecule has 0 saturated carbocycles. The second-order valence-corrected chi connectivity index (χ2v) is 6.37. The molecule has 0 saturated heterocycles. The third-order valence-electron chi connectivity index (χ3n) is 4.48. The molecular formula is C22H18FN5O. The van der Waals surface area contributed by atoms with Gasteiger partial charge in [0.05, 0.1) is 0 Å². The van der Waals surface area contributed by atoms with E-state index in [0.29, 0.717) is 28.4 Å². The highest BCUT2D eigenvalue weighted by Gasteiger charge is 2.16. The first-order valence-electron chi connectivity index (χ1n) is 9.15. The SMILES string of the molecule is CCNC(=O)Nc1cc2c(F)c(-c3cccnc3)cc(-c3cccnc3)c2cn1. The monoisotopic (exact) mass is 387 g/mol. The molecule has 0 atom stereocenters. The molecule has 4 aromatic rings. The summed E-state index contributed by atoms with van der Waals surface area (Å²) in [6.45, 7) is 2.29. The number of nitrogens with one attached hydrogen (secondary N) is 2. The quantitative estimate of drug-likeness (QED) is 0.535. The molecule has 6 nitrogen and oxygen atoms in total. The second kappa shape index (κ2) is 8.02.